The van der Waals surface area contributed by atoms with Crippen LogP contribution in [0.4, 0.5) is 0 Å². The van der Waals surface area contributed by atoms with Crippen molar-refractivity contribution in [3.8, 4) is 33.4 Å². The van der Waals surface area contributed by atoms with Gasteiger partial charge in [0.25, 0.3) is 0 Å². The van der Waals surface area contributed by atoms with E-state index in [1.807, 2.05) is 11.3 Å². The average Bonchev–Trinajstić information content (AvgIpc) is 3.72. The van der Waals surface area contributed by atoms with Gasteiger partial charge in [-0.25, -0.2) is 0 Å². The van der Waals surface area contributed by atoms with Gasteiger partial charge in [0.15, 0.2) is 0 Å². The lowest BCUT2D eigenvalue weighted by molar-refractivity contribution is 0.669. The Bertz CT molecular complexity index is 3010. The van der Waals surface area contributed by atoms with Gasteiger partial charge >= 0.3 is 0 Å². The molecule has 48 heavy (non-hydrogen) atoms. The van der Waals surface area contributed by atoms with Gasteiger partial charge in [0.2, 0.25) is 0 Å². The topological polar surface area (TPSA) is 13.1 Å². The van der Waals surface area contributed by atoms with Gasteiger partial charge in [0.05, 0.1) is 0 Å². The lowest BCUT2D eigenvalue weighted by Gasteiger charge is -2.19. The number of rotatable bonds is 3. The van der Waals surface area contributed by atoms with E-state index in [0.29, 0.717) is 0 Å². The summed E-state index contributed by atoms with van der Waals surface area (Å²) in [5, 5.41) is 12.6. The molecule has 11 rings (SSSR count). The molecule has 222 valence electrons. The second-order valence-electron chi connectivity index (χ2n) is 12.8. The quantitative estimate of drug-likeness (QED) is 0.140. The second kappa shape index (κ2) is 9.78. The van der Waals surface area contributed by atoms with Crippen LogP contribution >= 0.6 is 11.3 Å². The number of furan rings is 1. The van der Waals surface area contributed by atoms with Gasteiger partial charge < -0.3 is 4.42 Å². The summed E-state index contributed by atoms with van der Waals surface area (Å²) in [5.41, 5.74) is 9.41. The molecule has 2 aromatic heterocycles. The minimum absolute atomic E-state index is 0.941. The lowest BCUT2D eigenvalue weighted by Crippen LogP contribution is -1.92. The molecule has 1 nitrogen and oxygen atoms in total. The minimum atomic E-state index is 0.941. The van der Waals surface area contributed by atoms with E-state index in [2.05, 4.69) is 158 Å². The van der Waals surface area contributed by atoms with Crippen LogP contribution in [0.3, 0.4) is 0 Å². The molecule has 0 fully saturated rings. The summed E-state index contributed by atoms with van der Waals surface area (Å²) >= 11 is 1.87. The summed E-state index contributed by atoms with van der Waals surface area (Å²) in [4.78, 5) is 0. The third kappa shape index (κ3) is 3.55. The van der Waals surface area contributed by atoms with Gasteiger partial charge in [-0.3, -0.25) is 0 Å². The normalized spacial score (nSPS) is 12.2. The summed E-state index contributed by atoms with van der Waals surface area (Å²) in [6, 6.07) is 57.8. The summed E-state index contributed by atoms with van der Waals surface area (Å²) in [6.07, 6.45) is 0. The lowest BCUT2D eigenvalue weighted by atomic mass is 9.84. The van der Waals surface area contributed by atoms with Crippen molar-refractivity contribution in [3.63, 3.8) is 0 Å². The molecule has 0 atom stereocenters. The molecule has 2 heteroatoms. The molecule has 0 radical (unpaired) electrons. The first-order valence-electron chi connectivity index (χ1n) is 16.4. The molecule has 9 aromatic carbocycles. The second-order valence-corrected chi connectivity index (χ2v) is 13.8. The summed E-state index contributed by atoms with van der Waals surface area (Å²) < 4.78 is 9.01. The molecule has 2 heterocycles. The van der Waals surface area contributed by atoms with Crippen LogP contribution in [0.2, 0.25) is 0 Å². The van der Waals surface area contributed by atoms with Crippen LogP contribution in [0.15, 0.2) is 162 Å². The highest BCUT2D eigenvalue weighted by atomic mass is 32.1. The van der Waals surface area contributed by atoms with E-state index in [0.717, 1.165) is 11.2 Å². The van der Waals surface area contributed by atoms with Crippen LogP contribution in [-0.4, -0.2) is 0 Å². The summed E-state index contributed by atoms with van der Waals surface area (Å²) in [7, 11) is 0. The summed E-state index contributed by atoms with van der Waals surface area (Å²) in [6.45, 7) is 0. The Morgan fingerprint density at radius 2 is 1.00 bits per heavy atom. The van der Waals surface area contributed by atoms with Crippen LogP contribution < -0.4 is 0 Å². The smallest absolute Gasteiger partial charge is 0.136 e. The van der Waals surface area contributed by atoms with Crippen molar-refractivity contribution in [3.05, 3.63) is 158 Å². The van der Waals surface area contributed by atoms with Crippen molar-refractivity contribution in [2.24, 2.45) is 0 Å². The largest absolute Gasteiger partial charge is 0.456 e. The third-order valence-electron chi connectivity index (χ3n) is 10.2. The zero-order chi connectivity index (χ0) is 31.3. The van der Waals surface area contributed by atoms with Crippen LogP contribution in [0.5, 0.6) is 0 Å². The van der Waals surface area contributed by atoms with E-state index in [4.69, 9.17) is 4.42 Å². The van der Waals surface area contributed by atoms with Crippen molar-refractivity contribution >= 4 is 85.8 Å². The van der Waals surface area contributed by atoms with Crippen LogP contribution in [0.1, 0.15) is 0 Å². The molecule has 0 saturated carbocycles. The Kier molecular flexibility index (Phi) is 5.32. The SMILES string of the molecule is c1cc(-c2c3ccccc3c(-c3ccc4oc5cccc6ccc3c4c65)c3ccccc23)cc(-c2cccc3sc4ccccc4c23)c1. The molecular formula is C46H26OS. The maximum absolute atomic E-state index is 6.35. The maximum atomic E-state index is 6.35. The van der Waals surface area contributed by atoms with Crippen molar-refractivity contribution in [2.45, 2.75) is 0 Å². The summed E-state index contributed by atoms with van der Waals surface area (Å²) in [5.74, 6) is 0. The molecule has 0 bridgehead atoms. The van der Waals surface area contributed by atoms with Gasteiger partial charge in [0, 0.05) is 30.9 Å². The molecule has 0 N–H and O–H groups in total. The predicted octanol–water partition coefficient (Wildman–Crippen LogP) is 13.9. The number of hydrogen-bond donors (Lipinski definition) is 0. The van der Waals surface area contributed by atoms with Crippen molar-refractivity contribution in [1.82, 2.24) is 0 Å². The zero-order valence-electron chi connectivity index (χ0n) is 25.8. The zero-order valence-corrected chi connectivity index (χ0v) is 26.6. The monoisotopic (exact) mass is 626 g/mol. The molecule has 0 spiro atoms. The molecule has 0 saturated heterocycles. The molecule has 11 aromatic rings. The van der Waals surface area contributed by atoms with Gasteiger partial charge in [0.1, 0.15) is 11.2 Å². The minimum Gasteiger partial charge on any atom is -0.456 e. The highest BCUT2D eigenvalue weighted by molar-refractivity contribution is 7.25. The van der Waals surface area contributed by atoms with E-state index in [9.17, 15) is 0 Å². The fraction of sp³-hybridized carbons (Fsp3) is 0. The number of hydrogen-bond acceptors (Lipinski definition) is 2. The number of thiophene rings is 1. The maximum Gasteiger partial charge on any atom is 0.136 e. The van der Waals surface area contributed by atoms with Gasteiger partial charge in [-0.2, -0.15) is 0 Å². The average molecular weight is 627 g/mol. The number of fused-ring (bicyclic) bond motifs is 5. The first kappa shape index (κ1) is 26.1. The van der Waals surface area contributed by atoms with E-state index < -0.39 is 0 Å². The van der Waals surface area contributed by atoms with Crippen LogP contribution in [0.25, 0.3) is 108 Å². The van der Waals surface area contributed by atoms with E-state index in [1.165, 1.54) is 96.6 Å². The first-order valence-corrected chi connectivity index (χ1v) is 17.2. The van der Waals surface area contributed by atoms with Gasteiger partial charge in [-0.1, -0.05) is 121 Å². The van der Waals surface area contributed by atoms with E-state index in [-0.39, 0.29) is 0 Å². The number of benzene rings is 9. The molecule has 0 amide bonds. The van der Waals surface area contributed by atoms with Crippen LogP contribution in [0, 0.1) is 0 Å². The Morgan fingerprint density at radius 3 is 1.81 bits per heavy atom. The molecule has 0 aliphatic carbocycles. The molecule has 0 aliphatic rings. The highest BCUT2D eigenvalue weighted by Crippen LogP contribution is 2.48. The standard InChI is InChI=1S/C46H26OS/c1-3-15-33-31(13-1)42(29-12-7-11-28(26-29)30-18-9-21-41-45(30)37-17-5-6-20-40(37)48-41)32-14-2-4-16-34(32)44(33)35-24-25-39-46-36(35)23-22-27-10-8-19-38(47-39)43(27)46/h1-26H. The van der Waals surface area contributed by atoms with Crippen molar-refractivity contribution in [1.29, 1.82) is 0 Å². The van der Waals surface area contributed by atoms with Gasteiger partial charge in [-0.15, -0.1) is 11.3 Å². The molecule has 0 aliphatic heterocycles. The van der Waals surface area contributed by atoms with Crippen molar-refractivity contribution in [2.75, 3.05) is 0 Å². The van der Waals surface area contributed by atoms with Gasteiger partial charge in [-0.05, 0) is 102 Å². The fourth-order valence-electron chi connectivity index (χ4n) is 8.25. The van der Waals surface area contributed by atoms with E-state index >= 15 is 0 Å². The fourth-order valence-corrected chi connectivity index (χ4v) is 9.38. The van der Waals surface area contributed by atoms with E-state index in [1.54, 1.807) is 0 Å². The van der Waals surface area contributed by atoms with Crippen LogP contribution in [-0.2, 0) is 0 Å². The Morgan fingerprint density at radius 1 is 0.354 bits per heavy atom. The highest BCUT2D eigenvalue weighted by Gasteiger charge is 2.21. The predicted molar refractivity (Wildman–Crippen MR) is 207 cm³/mol. The molecular weight excluding hydrogens is 601 g/mol. The Labute approximate surface area is 280 Å². The Balaban J connectivity index is 1.20. The van der Waals surface area contributed by atoms with Crippen molar-refractivity contribution < 1.29 is 4.42 Å². The first-order chi connectivity index (χ1) is 23.8. The molecule has 0 unspecified atom stereocenters. The Hall–Kier alpha value is -5.96. The third-order valence-corrected chi connectivity index (χ3v) is 11.4.